The second-order valence-corrected chi connectivity index (χ2v) is 5.26. The molecule has 0 aliphatic carbocycles. The molecule has 0 aromatic rings. The molecule has 1 fully saturated rings. The first-order valence-corrected chi connectivity index (χ1v) is 5.75. The van der Waals surface area contributed by atoms with Crippen LogP contribution in [0.3, 0.4) is 0 Å². The van der Waals surface area contributed by atoms with Gasteiger partial charge in [-0.05, 0) is 40.0 Å². The highest BCUT2D eigenvalue weighted by atomic mass is 16.6. The van der Waals surface area contributed by atoms with E-state index in [4.69, 9.17) is 10.5 Å². The third-order valence-corrected chi connectivity index (χ3v) is 2.56. The van der Waals surface area contributed by atoms with Gasteiger partial charge in [0.25, 0.3) is 0 Å². The number of ether oxygens (including phenoxy) is 1. The lowest BCUT2D eigenvalue weighted by Crippen LogP contribution is -2.48. The number of carbonyl (C=O) groups is 1. The van der Waals surface area contributed by atoms with Crippen LogP contribution < -0.4 is 5.73 Å². The Morgan fingerprint density at radius 3 is 2.56 bits per heavy atom. The highest BCUT2D eigenvalue weighted by Gasteiger charge is 2.30. The second-order valence-electron chi connectivity index (χ2n) is 5.26. The van der Waals surface area contributed by atoms with Gasteiger partial charge in [0.2, 0.25) is 0 Å². The molecule has 2 N–H and O–H groups in total. The van der Waals surface area contributed by atoms with Crippen LogP contribution >= 0.6 is 0 Å². The number of piperidine rings is 1. The van der Waals surface area contributed by atoms with Crippen LogP contribution in [0.4, 0.5) is 4.79 Å². The number of hydrogen-bond donors (Lipinski definition) is 1. The van der Waals surface area contributed by atoms with Crippen LogP contribution in [-0.4, -0.2) is 29.2 Å². The number of nitrogens with zero attached hydrogens (tertiary/aromatic N) is 1. The molecular formula is C12H22N2O2. The number of hydrogen-bond acceptors (Lipinski definition) is 3. The average Bonchev–Trinajstić information content (AvgIpc) is 2.15. The van der Waals surface area contributed by atoms with Crippen molar-refractivity contribution in [1.29, 1.82) is 0 Å². The maximum Gasteiger partial charge on any atom is 0.410 e. The van der Waals surface area contributed by atoms with Crippen molar-refractivity contribution in [2.24, 2.45) is 5.73 Å². The number of carbonyl (C=O) groups excluding carboxylic acids is 1. The van der Waals surface area contributed by atoms with Crippen molar-refractivity contribution in [1.82, 2.24) is 4.90 Å². The van der Waals surface area contributed by atoms with Crippen molar-refractivity contribution in [3.63, 3.8) is 0 Å². The van der Waals surface area contributed by atoms with Gasteiger partial charge < -0.3 is 10.5 Å². The van der Waals surface area contributed by atoms with Crippen LogP contribution in [0.1, 0.15) is 40.0 Å². The summed E-state index contributed by atoms with van der Waals surface area (Å²) in [7, 11) is 0. The first-order chi connectivity index (χ1) is 7.31. The summed E-state index contributed by atoms with van der Waals surface area (Å²) >= 11 is 0. The number of likely N-dealkylation sites (tertiary alicyclic amines) is 1. The second kappa shape index (κ2) is 4.76. The van der Waals surface area contributed by atoms with Crippen LogP contribution in [0.5, 0.6) is 0 Å². The molecule has 0 bridgehead atoms. The van der Waals surface area contributed by atoms with Gasteiger partial charge in [-0.15, -0.1) is 0 Å². The average molecular weight is 226 g/mol. The van der Waals surface area contributed by atoms with Gasteiger partial charge in [-0.25, -0.2) is 4.79 Å². The van der Waals surface area contributed by atoms with Crippen LogP contribution in [0, 0.1) is 0 Å². The highest BCUT2D eigenvalue weighted by Crippen LogP contribution is 2.22. The molecule has 92 valence electrons. The predicted molar refractivity (Wildman–Crippen MR) is 63.9 cm³/mol. The van der Waals surface area contributed by atoms with Crippen LogP contribution in [0.15, 0.2) is 12.3 Å². The van der Waals surface area contributed by atoms with Gasteiger partial charge in [0.1, 0.15) is 5.60 Å². The van der Waals surface area contributed by atoms with Crippen LogP contribution in [-0.2, 0) is 4.74 Å². The fourth-order valence-electron chi connectivity index (χ4n) is 1.86. The minimum absolute atomic E-state index is 0.0661. The van der Waals surface area contributed by atoms with Crippen molar-refractivity contribution in [2.75, 3.05) is 6.54 Å². The lowest BCUT2D eigenvalue weighted by atomic mass is 10.0. The zero-order valence-electron chi connectivity index (χ0n) is 10.5. The maximum absolute atomic E-state index is 11.9. The SMILES string of the molecule is C=C(N)[C@H]1CCCCN1C(=O)OC(C)(C)C. The van der Waals surface area contributed by atoms with Gasteiger partial charge in [0, 0.05) is 12.2 Å². The zero-order valence-corrected chi connectivity index (χ0v) is 10.5. The summed E-state index contributed by atoms with van der Waals surface area (Å²) in [5.41, 5.74) is 5.80. The Balaban J connectivity index is 2.68. The lowest BCUT2D eigenvalue weighted by Gasteiger charge is -2.36. The van der Waals surface area contributed by atoms with Crippen LogP contribution in [0.25, 0.3) is 0 Å². The molecule has 1 atom stereocenters. The van der Waals surface area contributed by atoms with Crippen molar-refractivity contribution in [3.8, 4) is 0 Å². The Labute approximate surface area is 97.4 Å². The van der Waals surface area contributed by atoms with Crippen molar-refractivity contribution >= 4 is 6.09 Å². The Morgan fingerprint density at radius 2 is 2.06 bits per heavy atom. The molecule has 16 heavy (non-hydrogen) atoms. The van der Waals surface area contributed by atoms with Gasteiger partial charge in [-0.1, -0.05) is 6.58 Å². The van der Waals surface area contributed by atoms with E-state index in [0.717, 1.165) is 19.3 Å². The van der Waals surface area contributed by atoms with Crippen molar-refractivity contribution in [3.05, 3.63) is 12.3 Å². The van der Waals surface area contributed by atoms with Gasteiger partial charge >= 0.3 is 6.09 Å². The molecule has 4 heteroatoms. The largest absolute Gasteiger partial charge is 0.444 e. The van der Waals surface area contributed by atoms with Gasteiger partial charge in [-0.2, -0.15) is 0 Å². The quantitative estimate of drug-likeness (QED) is 0.746. The van der Waals surface area contributed by atoms with E-state index in [2.05, 4.69) is 6.58 Å². The molecule has 0 unspecified atom stereocenters. The van der Waals surface area contributed by atoms with E-state index in [1.807, 2.05) is 20.8 Å². The van der Waals surface area contributed by atoms with Crippen molar-refractivity contribution < 1.29 is 9.53 Å². The summed E-state index contributed by atoms with van der Waals surface area (Å²) in [5.74, 6) is 0. The number of amides is 1. The Kier molecular flexibility index (Phi) is 3.83. The number of nitrogens with two attached hydrogens (primary N) is 1. The van der Waals surface area contributed by atoms with E-state index in [1.54, 1.807) is 4.90 Å². The third kappa shape index (κ3) is 3.43. The minimum atomic E-state index is -0.463. The summed E-state index contributed by atoms with van der Waals surface area (Å²) in [5, 5.41) is 0. The fraction of sp³-hybridized carbons (Fsp3) is 0.750. The Hall–Kier alpha value is -1.19. The first kappa shape index (κ1) is 12.9. The molecule has 1 heterocycles. The number of rotatable bonds is 1. The molecule has 0 saturated carbocycles. The van der Waals surface area contributed by atoms with E-state index in [9.17, 15) is 4.79 Å². The summed E-state index contributed by atoms with van der Waals surface area (Å²) in [6.45, 7) is 10.0. The molecule has 1 aliphatic heterocycles. The summed E-state index contributed by atoms with van der Waals surface area (Å²) in [6.07, 6.45) is 2.68. The molecule has 1 aliphatic rings. The summed E-state index contributed by atoms with van der Waals surface area (Å²) < 4.78 is 5.35. The van der Waals surface area contributed by atoms with E-state index in [0.29, 0.717) is 12.2 Å². The molecule has 1 saturated heterocycles. The van der Waals surface area contributed by atoms with E-state index in [-0.39, 0.29) is 12.1 Å². The Morgan fingerprint density at radius 1 is 1.44 bits per heavy atom. The summed E-state index contributed by atoms with van der Waals surface area (Å²) in [4.78, 5) is 13.6. The van der Waals surface area contributed by atoms with Gasteiger partial charge in [0.05, 0.1) is 6.04 Å². The molecule has 1 amide bonds. The summed E-state index contributed by atoms with van der Waals surface area (Å²) in [6, 6.07) is -0.0661. The monoisotopic (exact) mass is 226 g/mol. The normalized spacial score (nSPS) is 21.7. The standard InChI is InChI=1S/C12H22N2O2/c1-9(13)10-7-5-6-8-14(10)11(15)16-12(2,3)4/h10H,1,5-8,13H2,2-4H3/t10-/m1/s1. The molecule has 0 aromatic carbocycles. The molecule has 4 nitrogen and oxygen atoms in total. The third-order valence-electron chi connectivity index (χ3n) is 2.56. The Bertz CT molecular complexity index is 281. The van der Waals surface area contributed by atoms with E-state index < -0.39 is 5.60 Å². The first-order valence-electron chi connectivity index (χ1n) is 5.75. The molecule has 0 radical (unpaired) electrons. The minimum Gasteiger partial charge on any atom is -0.444 e. The fourth-order valence-corrected chi connectivity index (χ4v) is 1.86. The van der Waals surface area contributed by atoms with E-state index >= 15 is 0 Å². The van der Waals surface area contributed by atoms with E-state index in [1.165, 1.54) is 0 Å². The van der Waals surface area contributed by atoms with Gasteiger partial charge in [-0.3, -0.25) is 4.90 Å². The highest BCUT2D eigenvalue weighted by molar-refractivity contribution is 5.69. The molecule has 0 aromatic heterocycles. The molecule has 1 rings (SSSR count). The molecule has 0 spiro atoms. The maximum atomic E-state index is 11.9. The van der Waals surface area contributed by atoms with Crippen molar-refractivity contribution in [2.45, 2.75) is 51.7 Å². The predicted octanol–water partition coefficient (Wildman–Crippen LogP) is 2.25. The molecular weight excluding hydrogens is 204 g/mol. The lowest BCUT2D eigenvalue weighted by molar-refractivity contribution is 0.0137. The van der Waals surface area contributed by atoms with Crippen LogP contribution in [0.2, 0.25) is 0 Å². The topological polar surface area (TPSA) is 55.6 Å². The van der Waals surface area contributed by atoms with Gasteiger partial charge in [0.15, 0.2) is 0 Å². The zero-order chi connectivity index (χ0) is 12.3. The smallest absolute Gasteiger partial charge is 0.410 e.